The van der Waals surface area contributed by atoms with Gasteiger partial charge in [0, 0.05) is 37.7 Å². The molecule has 0 aliphatic carbocycles. The molecule has 0 radical (unpaired) electrons. The minimum absolute atomic E-state index is 0.0114. The molecule has 3 rings (SSSR count). The molecule has 2 N–H and O–H groups in total. The fraction of sp³-hybridized carbons (Fsp3) is 0.500. The number of cyclic esters (lactones) is 1. The molecule has 0 aromatic carbocycles. The van der Waals surface area contributed by atoms with E-state index in [0.717, 1.165) is 11.3 Å². The molecular weight excluding hydrogens is 534 g/mol. The van der Waals surface area contributed by atoms with Gasteiger partial charge in [0.15, 0.2) is 5.89 Å². The maximum absolute atomic E-state index is 12.8. The van der Waals surface area contributed by atoms with Crippen LogP contribution in [0, 0.1) is 24.7 Å². The number of ether oxygens (including phenoxy) is 2. The zero-order valence-corrected chi connectivity index (χ0v) is 25.5. The Labute approximate surface area is 249 Å². The molecule has 7 atom stereocenters. The van der Waals surface area contributed by atoms with Crippen LogP contribution in [-0.2, 0) is 19.1 Å². The predicted molar refractivity (Wildman–Crippen MR) is 162 cm³/mol. The van der Waals surface area contributed by atoms with Crippen molar-refractivity contribution in [2.75, 3.05) is 0 Å². The van der Waals surface area contributed by atoms with Gasteiger partial charge in [0.05, 0.1) is 12.2 Å². The summed E-state index contributed by atoms with van der Waals surface area (Å²) in [5, 5.41) is 22.1. The zero-order valence-electron chi connectivity index (χ0n) is 25.5. The van der Waals surface area contributed by atoms with E-state index in [9.17, 15) is 19.8 Å². The topological polar surface area (TPSA) is 119 Å². The van der Waals surface area contributed by atoms with Gasteiger partial charge in [0.25, 0.3) is 0 Å². The first-order valence-corrected chi connectivity index (χ1v) is 14.7. The lowest BCUT2D eigenvalue weighted by atomic mass is 9.86. The molecule has 228 valence electrons. The number of aromatic nitrogens is 1. The van der Waals surface area contributed by atoms with Crippen LogP contribution < -0.4 is 0 Å². The number of aryl methyl sites for hydroxylation is 1. The lowest BCUT2D eigenvalue weighted by Crippen LogP contribution is -2.36. The molecule has 1 fully saturated rings. The van der Waals surface area contributed by atoms with Gasteiger partial charge in [-0.25, -0.2) is 9.78 Å². The van der Waals surface area contributed by atoms with E-state index < -0.39 is 30.2 Å². The van der Waals surface area contributed by atoms with Gasteiger partial charge in [-0.05, 0) is 62.3 Å². The van der Waals surface area contributed by atoms with Crippen LogP contribution in [0.15, 0.2) is 76.0 Å². The van der Waals surface area contributed by atoms with E-state index in [4.69, 9.17) is 13.9 Å². The molecule has 1 saturated heterocycles. The number of aliphatic hydroxyl groups is 2. The molecule has 2 bridgehead atoms. The standard InChI is InChI=1S/C34H45NO7/c1-21(16-28-20-40-26(6)35-28)10-7-13-24(4)34(39)25(5)31-19-29(36)22(2)11-8-12-23(3)30-17-27(18-33(38)41-30)14-9-15-32(37)42-31/h7-13,15-16,20,23,25,27,29-31,34,36,39H,14,17-19H2,1-6H3/t23-,25+,27-,29+,30-,31?,34+/m1/s1. The Balaban J connectivity index is 1.76. The second-order valence-electron chi connectivity index (χ2n) is 11.6. The van der Waals surface area contributed by atoms with Gasteiger partial charge in [-0.3, -0.25) is 4.79 Å². The number of carbonyl (C=O) groups is 2. The molecule has 8 nitrogen and oxygen atoms in total. The highest BCUT2D eigenvalue weighted by molar-refractivity contribution is 5.82. The Bertz CT molecular complexity index is 1260. The minimum atomic E-state index is -0.910. The van der Waals surface area contributed by atoms with Crippen molar-refractivity contribution < 1.29 is 33.7 Å². The van der Waals surface area contributed by atoms with Crippen molar-refractivity contribution in [1.29, 1.82) is 0 Å². The number of oxazole rings is 1. The summed E-state index contributed by atoms with van der Waals surface area (Å²) in [6.07, 6.45) is 16.8. The van der Waals surface area contributed by atoms with E-state index in [1.807, 2.05) is 77.2 Å². The number of esters is 2. The Morgan fingerprint density at radius 2 is 1.93 bits per heavy atom. The van der Waals surface area contributed by atoms with Crippen LogP contribution in [0.25, 0.3) is 6.08 Å². The molecule has 1 aromatic rings. The van der Waals surface area contributed by atoms with Gasteiger partial charge in [-0.1, -0.05) is 56.4 Å². The minimum Gasteiger partial charge on any atom is -0.462 e. The molecule has 0 spiro atoms. The van der Waals surface area contributed by atoms with Crippen LogP contribution in [0.2, 0.25) is 0 Å². The van der Waals surface area contributed by atoms with Crippen molar-refractivity contribution in [2.24, 2.45) is 17.8 Å². The third-order valence-electron chi connectivity index (χ3n) is 7.92. The molecule has 3 heterocycles. The molecule has 0 saturated carbocycles. The summed E-state index contributed by atoms with van der Waals surface area (Å²) in [7, 11) is 0. The maximum atomic E-state index is 12.8. The highest BCUT2D eigenvalue weighted by atomic mass is 16.5. The van der Waals surface area contributed by atoms with E-state index in [1.54, 1.807) is 19.3 Å². The van der Waals surface area contributed by atoms with E-state index in [2.05, 4.69) is 4.98 Å². The highest BCUT2D eigenvalue weighted by Gasteiger charge is 2.32. The normalized spacial score (nSPS) is 28.3. The van der Waals surface area contributed by atoms with Gasteiger partial charge in [-0.2, -0.15) is 0 Å². The van der Waals surface area contributed by atoms with Gasteiger partial charge in [0.1, 0.15) is 24.2 Å². The number of allylic oxidation sites excluding steroid dienone is 7. The molecule has 1 unspecified atom stereocenters. The lowest BCUT2D eigenvalue weighted by Gasteiger charge is -2.31. The maximum Gasteiger partial charge on any atom is 0.330 e. The fourth-order valence-corrected chi connectivity index (χ4v) is 5.15. The first-order chi connectivity index (χ1) is 19.9. The quantitative estimate of drug-likeness (QED) is 0.313. The number of rotatable bonds is 6. The van der Waals surface area contributed by atoms with E-state index in [1.165, 1.54) is 6.08 Å². The van der Waals surface area contributed by atoms with Crippen LogP contribution in [0.1, 0.15) is 71.9 Å². The Morgan fingerprint density at radius 3 is 2.64 bits per heavy atom. The molecule has 1 aromatic heterocycles. The monoisotopic (exact) mass is 579 g/mol. The Morgan fingerprint density at radius 1 is 1.17 bits per heavy atom. The molecule has 42 heavy (non-hydrogen) atoms. The molecule has 2 aliphatic rings. The van der Waals surface area contributed by atoms with Crippen LogP contribution in [0.3, 0.4) is 0 Å². The number of fused-ring (bicyclic) bond motifs is 2. The third kappa shape index (κ3) is 10.1. The van der Waals surface area contributed by atoms with Crippen molar-refractivity contribution in [3.63, 3.8) is 0 Å². The summed E-state index contributed by atoms with van der Waals surface area (Å²) in [6, 6.07) is 0. The summed E-state index contributed by atoms with van der Waals surface area (Å²) in [6.45, 7) is 11.2. The van der Waals surface area contributed by atoms with Crippen molar-refractivity contribution in [1.82, 2.24) is 4.98 Å². The summed E-state index contributed by atoms with van der Waals surface area (Å²) in [5.74, 6) is -0.577. The van der Waals surface area contributed by atoms with Crippen LogP contribution >= 0.6 is 0 Å². The summed E-state index contributed by atoms with van der Waals surface area (Å²) in [5.41, 5.74) is 3.09. The van der Waals surface area contributed by atoms with E-state index in [-0.39, 0.29) is 30.3 Å². The number of hydrogen-bond acceptors (Lipinski definition) is 8. The van der Waals surface area contributed by atoms with Crippen molar-refractivity contribution >= 4 is 18.0 Å². The Kier molecular flexibility index (Phi) is 12.3. The van der Waals surface area contributed by atoms with E-state index in [0.29, 0.717) is 36.3 Å². The largest absolute Gasteiger partial charge is 0.462 e. The number of aliphatic hydroxyl groups excluding tert-OH is 2. The molecule has 8 heteroatoms. The fourth-order valence-electron chi connectivity index (χ4n) is 5.15. The highest BCUT2D eigenvalue weighted by Crippen LogP contribution is 2.30. The number of carbonyl (C=O) groups excluding carboxylic acids is 2. The van der Waals surface area contributed by atoms with Gasteiger partial charge < -0.3 is 24.1 Å². The number of hydrogen-bond donors (Lipinski definition) is 2. The smallest absolute Gasteiger partial charge is 0.330 e. The summed E-state index contributed by atoms with van der Waals surface area (Å²) >= 11 is 0. The SMILES string of the molecule is CC(C=CC=C(C)[C@H](O)[C@@H](C)C1C[C@H](O)C(C)=CC=C[C@@H](C)[C@H]2C[C@@H](CC=CC(=O)O1)CC(=O)O2)=Cc1coc(C)n1. The molecule has 2 aliphatic heterocycles. The van der Waals surface area contributed by atoms with Gasteiger partial charge in [0.2, 0.25) is 0 Å². The summed E-state index contributed by atoms with van der Waals surface area (Å²) < 4.78 is 16.6. The van der Waals surface area contributed by atoms with E-state index >= 15 is 0 Å². The van der Waals surface area contributed by atoms with Crippen molar-refractivity contribution in [3.05, 3.63) is 83.2 Å². The zero-order chi connectivity index (χ0) is 30.8. The van der Waals surface area contributed by atoms with Crippen LogP contribution in [0.5, 0.6) is 0 Å². The average Bonchev–Trinajstić information content (AvgIpc) is 3.34. The first kappa shape index (κ1) is 33.0. The predicted octanol–water partition coefficient (Wildman–Crippen LogP) is 5.97. The molecular formula is C34H45NO7. The summed E-state index contributed by atoms with van der Waals surface area (Å²) in [4.78, 5) is 29.3. The average molecular weight is 580 g/mol. The third-order valence-corrected chi connectivity index (χ3v) is 7.92. The van der Waals surface area contributed by atoms with Crippen molar-refractivity contribution in [3.8, 4) is 0 Å². The first-order valence-electron chi connectivity index (χ1n) is 14.7. The number of nitrogens with zero attached hydrogens (tertiary/aromatic N) is 1. The Hall–Kier alpha value is -3.49. The lowest BCUT2D eigenvalue weighted by molar-refractivity contribution is -0.158. The molecule has 0 amide bonds. The van der Waals surface area contributed by atoms with Gasteiger partial charge >= 0.3 is 11.9 Å². The van der Waals surface area contributed by atoms with Crippen LogP contribution in [-0.4, -0.2) is 51.6 Å². The second-order valence-corrected chi connectivity index (χ2v) is 11.6. The van der Waals surface area contributed by atoms with Gasteiger partial charge in [-0.15, -0.1) is 0 Å². The van der Waals surface area contributed by atoms with Crippen LogP contribution in [0.4, 0.5) is 0 Å². The van der Waals surface area contributed by atoms with Crippen molar-refractivity contribution in [2.45, 2.75) is 91.6 Å². The second kappa shape index (κ2) is 15.7.